The number of piperidine rings is 1. The molecule has 1 unspecified atom stereocenters. The molecule has 0 saturated carbocycles. The highest BCUT2D eigenvalue weighted by molar-refractivity contribution is 7.89. The second kappa shape index (κ2) is 10.0. The molecule has 2 aromatic carbocycles. The van der Waals surface area contributed by atoms with Crippen LogP contribution in [0.4, 0.5) is 0 Å². The summed E-state index contributed by atoms with van der Waals surface area (Å²) in [6.45, 7) is 3.05. The summed E-state index contributed by atoms with van der Waals surface area (Å²) in [7, 11) is -2.19. The van der Waals surface area contributed by atoms with E-state index < -0.39 is 16.2 Å². The molecule has 1 atom stereocenters. The SMILES string of the molecule is COc1ccc(C2N(C(=O)CN3CCCCC3)CCCN2S(=O)(=O)c2ccccc2)cc1. The molecule has 2 fully saturated rings. The lowest BCUT2D eigenvalue weighted by molar-refractivity contribution is -0.139. The number of carbonyl (C=O) groups excluding carboxylic acids is 1. The van der Waals surface area contributed by atoms with Gasteiger partial charge in [0.2, 0.25) is 15.9 Å². The van der Waals surface area contributed by atoms with Crippen LogP contribution in [-0.2, 0) is 14.8 Å². The molecule has 2 aliphatic rings. The van der Waals surface area contributed by atoms with E-state index in [0.717, 1.165) is 31.5 Å². The molecule has 2 heterocycles. The topological polar surface area (TPSA) is 70.2 Å². The van der Waals surface area contributed by atoms with Gasteiger partial charge in [-0.3, -0.25) is 9.69 Å². The number of sulfonamides is 1. The molecule has 8 heteroatoms. The molecule has 0 aromatic heterocycles. The zero-order valence-corrected chi connectivity index (χ0v) is 19.3. The number of methoxy groups -OCH3 is 1. The van der Waals surface area contributed by atoms with Gasteiger partial charge in [-0.05, 0) is 62.2 Å². The van der Waals surface area contributed by atoms with Crippen molar-refractivity contribution in [1.82, 2.24) is 14.1 Å². The zero-order chi connectivity index (χ0) is 22.6. The van der Waals surface area contributed by atoms with E-state index in [1.807, 2.05) is 24.3 Å². The van der Waals surface area contributed by atoms with Gasteiger partial charge in [0, 0.05) is 13.1 Å². The van der Waals surface area contributed by atoms with Crippen molar-refractivity contribution in [3.05, 3.63) is 60.2 Å². The first-order valence-electron chi connectivity index (χ1n) is 11.2. The third-order valence-corrected chi connectivity index (χ3v) is 8.10. The summed E-state index contributed by atoms with van der Waals surface area (Å²) in [5.74, 6) is 0.661. The zero-order valence-electron chi connectivity index (χ0n) is 18.5. The molecular weight excluding hydrogens is 426 g/mol. The van der Waals surface area contributed by atoms with E-state index in [9.17, 15) is 13.2 Å². The maximum Gasteiger partial charge on any atom is 0.245 e. The summed E-state index contributed by atoms with van der Waals surface area (Å²) >= 11 is 0. The number of rotatable bonds is 6. The van der Waals surface area contributed by atoms with E-state index in [4.69, 9.17) is 4.74 Å². The van der Waals surface area contributed by atoms with Crippen molar-refractivity contribution in [1.29, 1.82) is 0 Å². The molecule has 0 spiro atoms. The Bertz CT molecular complexity index is 1010. The summed E-state index contributed by atoms with van der Waals surface area (Å²) in [6, 6.07) is 15.8. The predicted molar refractivity (Wildman–Crippen MR) is 123 cm³/mol. The van der Waals surface area contributed by atoms with Gasteiger partial charge in [-0.25, -0.2) is 8.42 Å². The molecular formula is C24H31N3O4S. The molecule has 2 saturated heterocycles. The summed E-state index contributed by atoms with van der Waals surface area (Å²) in [5, 5.41) is 0. The van der Waals surface area contributed by atoms with E-state index in [2.05, 4.69) is 4.90 Å². The van der Waals surface area contributed by atoms with Gasteiger partial charge < -0.3 is 9.64 Å². The van der Waals surface area contributed by atoms with Crippen LogP contribution in [0, 0.1) is 0 Å². The molecule has 4 rings (SSSR count). The maximum atomic E-state index is 13.6. The van der Waals surface area contributed by atoms with Gasteiger partial charge in [-0.15, -0.1) is 0 Å². The van der Waals surface area contributed by atoms with Gasteiger partial charge >= 0.3 is 0 Å². The fourth-order valence-corrected chi connectivity index (χ4v) is 6.20. The van der Waals surface area contributed by atoms with Crippen molar-refractivity contribution in [2.45, 2.75) is 36.7 Å². The Balaban J connectivity index is 1.69. The highest BCUT2D eigenvalue weighted by Crippen LogP contribution is 2.35. The first-order chi connectivity index (χ1) is 15.5. The van der Waals surface area contributed by atoms with Crippen LogP contribution < -0.4 is 4.74 Å². The highest BCUT2D eigenvalue weighted by atomic mass is 32.2. The second-order valence-electron chi connectivity index (χ2n) is 8.35. The molecule has 2 aliphatic heterocycles. The minimum absolute atomic E-state index is 0.0271. The summed E-state index contributed by atoms with van der Waals surface area (Å²) in [4.78, 5) is 17.6. The Labute approximate surface area is 190 Å². The van der Waals surface area contributed by atoms with Crippen molar-refractivity contribution in [2.75, 3.05) is 39.8 Å². The highest BCUT2D eigenvalue weighted by Gasteiger charge is 2.41. The number of hydrogen-bond donors (Lipinski definition) is 0. The van der Waals surface area contributed by atoms with Gasteiger partial charge in [0.15, 0.2) is 0 Å². The van der Waals surface area contributed by atoms with Crippen molar-refractivity contribution >= 4 is 15.9 Å². The lowest BCUT2D eigenvalue weighted by Gasteiger charge is -2.44. The molecule has 0 aliphatic carbocycles. The second-order valence-corrected chi connectivity index (χ2v) is 10.2. The average molecular weight is 458 g/mol. The fourth-order valence-electron chi connectivity index (χ4n) is 4.56. The van der Waals surface area contributed by atoms with Crippen LogP contribution in [0.5, 0.6) is 5.75 Å². The number of hydrogen-bond acceptors (Lipinski definition) is 5. The van der Waals surface area contributed by atoms with Gasteiger partial charge in [0.25, 0.3) is 0 Å². The van der Waals surface area contributed by atoms with Crippen molar-refractivity contribution in [2.24, 2.45) is 0 Å². The number of likely N-dealkylation sites (tertiary alicyclic amines) is 1. The van der Waals surface area contributed by atoms with Gasteiger partial charge in [-0.2, -0.15) is 4.31 Å². The average Bonchev–Trinajstić information content (AvgIpc) is 2.85. The van der Waals surface area contributed by atoms with Crippen LogP contribution in [0.1, 0.15) is 37.4 Å². The summed E-state index contributed by atoms with van der Waals surface area (Å²) in [5.41, 5.74) is 0.761. The Morgan fingerprint density at radius 3 is 2.25 bits per heavy atom. The quantitative estimate of drug-likeness (QED) is 0.667. The molecule has 172 valence electrons. The van der Waals surface area contributed by atoms with Crippen molar-refractivity contribution < 1.29 is 17.9 Å². The maximum absolute atomic E-state index is 13.6. The van der Waals surface area contributed by atoms with Crippen LogP contribution in [0.3, 0.4) is 0 Å². The molecule has 7 nitrogen and oxygen atoms in total. The predicted octanol–water partition coefficient (Wildman–Crippen LogP) is 3.10. The number of nitrogens with zero attached hydrogens (tertiary/aromatic N) is 3. The minimum atomic E-state index is -3.78. The van der Waals surface area contributed by atoms with Crippen LogP contribution in [0.25, 0.3) is 0 Å². The lowest BCUT2D eigenvalue weighted by Crippen LogP contribution is -2.54. The molecule has 0 bridgehead atoms. The van der Waals surface area contributed by atoms with Crippen LogP contribution in [0.2, 0.25) is 0 Å². The number of amides is 1. The van der Waals surface area contributed by atoms with Gasteiger partial charge in [0.05, 0.1) is 18.6 Å². The number of benzene rings is 2. The van der Waals surface area contributed by atoms with Gasteiger partial charge in [0.1, 0.15) is 11.9 Å². The molecule has 32 heavy (non-hydrogen) atoms. The Morgan fingerprint density at radius 2 is 1.59 bits per heavy atom. The van der Waals surface area contributed by atoms with Crippen LogP contribution in [-0.4, -0.2) is 68.3 Å². The normalized spacial score (nSPS) is 20.8. The Kier molecular flexibility index (Phi) is 7.13. The van der Waals surface area contributed by atoms with E-state index in [-0.39, 0.29) is 10.8 Å². The molecule has 1 amide bonds. The monoisotopic (exact) mass is 457 g/mol. The summed E-state index contributed by atoms with van der Waals surface area (Å²) in [6.07, 6.45) is 3.32. The lowest BCUT2D eigenvalue weighted by atomic mass is 10.1. The van der Waals surface area contributed by atoms with Gasteiger partial charge in [-0.1, -0.05) is 36.8 Å². The third-order valence-electron chi connectivity index (χ3n) is 6.24. The van der Waals surface area contributed by atoms with E-state index in [1.54, 1.807) is 42.3 Å². The third kappa shape index (κ3) is 4.82. The van der Waals surface area contributed by atoms with E-state index >= 15 is 0 Å². The van der Waals surface area contributed by atoms with Crippen LogP contribution >= 0.6 is 0 Å². The molecule has 0 N–H and O–H groups in total. The first-order valence-corrected chi connectivity index (χ1v) is 12.7. The Hall–Kier alpha value is -2.42. The Morgan fingerprint density at radius 1 is 0.906 bits per heavy atom. The van der Waals surface area contributed by atoms with Crippen molar-refractivity contribution in [3.8, 4) is 5.75 Å². The standard InChI is InChI=1S/C24H31N3O4S/c1-31-21-13-11-20(12-14-21)24-26(23(28)19-25-15-6-3-7-16-25)17-8-18-27(24)32(29,30)22-9-4-2-5-10-22/h2,4-5,9-14,24H,3,6-8,15-19H2,1H3. The number of ether oxygens (including phenoxy) is 1. The molecule has 2 aromatic rings. The van der Waals surface area contributed by atoms with E-state index in [0.29, 0.717) is 31.8 Å². The minimum Gasteiger partial charge on any atom is -0.497 e. The van der Waals surface area contributed by atoms with E-state index in [1.165, 1.54) is 10.7 Å². The largest absolute Gasteiger partial charge is 0.497 e. The van der Waals surface area contributed by atoms with Crippen LogP contribution in [0.15, 0.2) is 59.5 Å². The molecule has 0 radical (unpaired) electrons. The first kappa shape index (κ1) is 22.8. The van der Waals surface area contributed by atoms with Crippen molar-refractivity contribution in [3.63, 3.8) is 0 Å². The fraction of sp³-hybridized carbons (Fsp3) is 0.458. The number of carbonyl (C=O) groups is 1. The smallest absolute Gasteiger partial charge is 0.245 e. The summed E-state index contributed by atoms with van der Waals surface area (Å²) < 4.78 is 34.0.